The van der Waals surface area contributed by atoms with E-state index in [1.807, 2.05) is 14.0 Å². The molecule has 3 rings (SSSR count). The number of likely N-dealkylation sites (tertiary alicyclic amines) is 1. The summed E-state index contributed by atoms with van der Waals surface area (Å²) in [6.07, 6.45) is 0.0274. The molecular formula is C15H21BN2O4S. The zero-order valence-corrected chi connectivity index (χ0v) is 14.3. The van der Waals surface area contributed by atoms with Crippen LogP contribution >= 0.6 is 11.8 Å². The Morgan fingerprint density at radius 2 is 2.13 bits per heavy atom. The molecule has 6 nitrogen and oxygen atoms in total. The third-order valence-corrected chi connectivity index (χ3v) is 6.66. The lowest BCUT2D eigenvalue weighted by atomic mass is 9.79. The fourth-order valence-corrected chi connectivity index (χ4v) is 5.54. The number of thioether (sulfide) groups is 1. The highest BCUT2D eigenvalue weighted by molar-refractivity contribution is 8.03. The molecule has 124 valence electrons. The summed E-state index contributed by atoms with van der Waals surface area (Å²) in [5.74, 6) is -1.96. The van der Waals surface area contributed by atoms with Gasteiger partial charge in [0.1, 0.15) is 5.70 Å². The van der Waals surface area contributed by atoms with Gasteiger partial charge in [0, 0.05) is 22.6 Å². The molecule has 0 aliphatic carbocycles. The van der Waals surface area contributed by atoms with Crippen molar-refractivity contribution in [2.75, 3.05) is 13.6 Å². The molecule has 1 amide bonds. The molecule has 6 unspecified atom stereocenters. The molecule has 3 aliphatic rings. The molecular weight excluding hydrogens is 315 g/mol. The summed E-state index contributed by atoms with van der Waals surface area (Å²) in [5.41, 5.74) is 0.0949. The summed E-state index contributed by atoms with van der Waals surface area (Å²) in [5, 5.41) is 19.6. The van der Waals surface area contributed by atoms with Gasteiger partial charge in [-0.3, -0.25) is 4.79 Å². The van der Waals surface area contributed by atoms with Crippen molar-refractivity contribution in [1.29, 1.82) is 0 Å². The van der Waals surface area contributed by atoms with Gasteiger partial charge in [-0.15, -0.1) is 11.8 Å². The van der Waals surface area contributed by atoms with Crippen LogP contribution in [-0.2, 0) is 9.59 Å². The van der Waals surface area contributed by atoms with Gasteiger partial charge in [-0.2, -0.15) is 0 Å². The van der Waals surface area contributed by atoms with E-state index in [2.05, 4.69) is 4.90 Å². The monoisotopic (exact) mass is 336 g/mol. The first-order valence-electron chi connectivity index (χ1n) is 7.85. The quantitative estimate of drug-likeness (QED) is 0.559. The first kappa shape index (κ1) is 16.9. The van der Waals surface area contributed by atoms with Gasteiger partial charge < -0.3 is 20.0 Å². The fourth-order valence-electron chi connectivity index (χ4n) is 3.92. The van der Waals surface area contributed by atoms with Gasteiger partial charge in [-0.1, -0.05) is 6.92 Å². The van der Waals surface area contributed by atoms with Gasteiger partial charge in [0.25, 0.3) is 0 Å². The Bertz CT molecular complexity index is 572. The van der Waals surface area contributed by atoms with E-state index in [1.54, 1.807) is 6.92 Å². The highest BCUT2D eigenvalue weighted by atomic mass is 32.2. The third-order valence-electron chi connectivity index (χ3n) is 5.17. The summed E-state index contributed by atoms with van der Waals surface area (Å²) in [6.45, 7) is 4.33. The molecule has 0 aromatic rings. The highest BCUT2D eigenvalue weighted by Crippen LogP contribution is 2.52. The van der Waals surface area contributed by atoms with Crippen LogP contribution in [0, 0.1) is 11.8 Å². The van der Waals surface area contributed by atoms with Crippen LogP contribution in [0.2, 0.25) is 0 Å². The zero-order valence-electron chi connectivity index (χ0n) is 13.5. The van der Waals surface area contributed by atoms with Crippen molar-refractivity contribution in [1.82, 2.24) is 9.80 Å². The maximum Gasteiger partial charge on any atom is 0.353 e. The molecule has 3 aliphatic heterocycles. The number of carbonyl (C=O) groups is 2. The third kappa shape index (κ3) is 2.51. The number of rotatable bonds is 4. The predicted octanol–water partition coefficient (Wildman–Crippen LogP) is 0.0720. The number of hydrogen-bond donors (Lipinski definition) is 2. The van der Waals surface area contributed by atoms with Crippen LogP contribution in [0.1, 0.15) is 20.3 Å². The smallest absolute Gasteiger partial charge is 0.353 e. The van der Waals surface area contributed by atoms with Crippen LogP contribution in [0.3, 0.4) is 0 Å². The molecule has 0 saturated carbocycles. The Morgan fingerprint density at radius 3 is 2.61 bits per heavy atom. The van der Waals surface area contributed by atoms with Crippen LogP contribution in [0.25, 0.3) is 0 Å². The van der Waals surface area contributed by atoms with Gasteiger partial charge in [-0.25, -0.2) is 4.79 Å². The van der Waals surface area contributed by atoms with Crippen molar-refractivity contribution in [2.24, 2.45) is 11.8 Å². The number of aliphatic carboxylic acids is 1. The molecule has 0 aromatic heterocycles. The number of β-lactam (4-membered cyclic amide) rings is 1. The molecule has 0 spiro atoms. The van der Waals surface area contributed by atoms with E-state index in [-0.39, 0.29) is 34.8 Å². The van der Waals surface area contributed by atoms with Gasteiger partial charge in [0.2, 0.25) is 5.91 Å². The van der Waals surface area contributed by atoms with E-state index >= 15 is 0 Å². The van der Waals surface area contributed by atoms with Crippen molar-refractivity contribution in [2.45, 2.75) is 43.6 Å². The molecule has 2 radical (unpaired) electrons. The minimum absolute atomic E-state index is 0.0121. The van der Waals surface area contributed by atoms with Crippen LogP contribution in [0.4, 0.5) is 0 Å². The van der Waals surface area contributed by atoms with E-state index in [4.69, 9.17) is 7.85 Å². The number of carbonyl (C=O) groups excluding carboxylic acids is 1. The average Bonchev–Trinajstić information content (AvgIpc) is 2.87. The largest absolute Gasteiger partial charge is 0.477 e. The van der Waals surface area contributed by atoms with Gasteiger partial charge in [-0.05, 0) is 26.3 Å². The predicted molar refractivity (Wildman–Crippen MR) is 87.8 cm³/mol. The van der Waals surface area contributed by atoms with Crippen LogP contribution in [0.15, 0.2) is 10.6 Å². The fraction of sp³-hybridized carbons (Fsp3) is 0.733. The first-order valence-corrected chi connectivity index (χ1v) is 8.73. The molecule has 2 fully saturated rings. The normalized spacial score (nSPS) is 38.7. The lowest BCUT2D eigenvalue weighted by molar-refractivity contribution is -0.163. The standard InChI is InChI=1S/C15H21BN2O4S/c1-6-11-10(7(2)19)14(20)18(11)12(15(21)22)13(6)23-8-4-9(16)17(3)5-8/h6-11,19H,4-5H2,1-3H3,(H,21,22). The lowest BCUT2D eigenvalue weighted by Gasteiger charge is -2.46. The summed E-state index contributed by atoms with van der Waals surface area (Å²) in [4.78, 5) is 28.1. The second kappa shape index (κ2) is 5.83. The summed E-state index contributed by atoms with van der Waals surface area (Å²) in [7, 11) is 7.96. The van der Waals surface area contributed by atoms with E-state index in [9.17, 15) is 19.8 Å². The average molecular weight is 336 g/mol. The van der Waals surface area contributed by atoms with Crippen LogP contribution in [-0.4, -0.2) is 76.7 Å². The number of aliphatic hydroxyl groups is 1. The number of nitrogens with zero attached hydrogens (tertiary/aromatic N) is 2. The van der Waals surface area contributed by atoms with Crippen molar-refractivity contribution >= 4 is 31.5 Å². The van der Waals surface area contributed by atoms with E-state index < -0.39 is 18.0 Å². The molecule has 0 aromatic carbocycles. The number of amides is 1. The topological polar surface area (TPSA) is 81.1 Å². The molecule has 2 N–H and O–H groups in total. The van der Waals surface area contributed by atoms with Crippen molar-refractivity contribution in [3.63, 3.8) is 0 Å². The number of carboxylic acids is 1. The van der Waals surface area contributed by atoms with Crippen molar-refractivity contribution in [3.8, 4) is 0 Å². The maximum atomic E-state index is 12.3. The van der Waals surface area contributed by atoms with Gasteiger partial charge in [0.15, 0.2) is 0 Å². The Kier molecular flexibility index (Phi) is 4.27. The first-order chi connectivity index (χ1) is 10.7. The zero-order chi connectivity index (χ0) is 17.0. The van der Waals surface area contributed by atoms with Crippen LogP contribution < -0.4 is 0 Å². The Balaban J connectivity index is 1.86. The Hall–Kier alpha value is -0.985. The van der Waals surface area contributed by atoms with E-state index in [0.29, 0.717) is 0 Å². The lowest BCUT2D eigenvalue weighted by Crippen LogP contribution is -2.63. The minimum Gasteiger partial charge on any atom is -0.477 e. The Labute approximate surface area is 141 Å². The number of fused-ring (bicyclic) bond motifs is 1. The summed E-state index contributed by atoms with van der Waals surface area (Å²) in [6, 6.07) is -0.246. The highest BCUT2D eigenvalue weighted by Gasteiger charge is 2.60. The number of hydrogen-bond acceptors (Lipinski definition) is 5. The maximum absolute atomic E-state index is 12.3. The second-order valence-electron chi connectivity index (χ2n) is 6.75. The molecule has 3 heterocycles. The number of carboxylic acid groups (broad SMARTS) is 1. The summed E-state index contributed by atoms with van der Waals surface area (Å²) >= 11 is 1.53. The van der Waals surface area contributed by atoms with Crippen molar-refractivity contribution in [3.05, 3.63) is 10.6 Å². The molecule has 23 heavy (non-hydrogen) atoms. The number of aliphatic hydroxyl groups excluding tert-OH is 1. The van der Waals surface area contributed by atoms with Gasteiger partial charge in [0.05, 0.1) is 25.9 Å². The van der Waals surface area contributed by atoms with Gasteiger partial charge >= 0.3 is 5.97 Å². The van der Waals surface area contributed by atoms with Crippen molar-refractivity contribution < 1.29 is 19.8 Å². The minimum atomic E-state index is -1.07. The Morgan fingerprint density at radius 1 is 1.48 bits per heavy atom. The SMILES string of the molecule is [B]C1CC(SC2=C(C(=O)O)N3C(=O)C(C(C)O)C3C2C)CN1C. The van der Waals surface area contributed by atoms with Crippen LogP contribution in [0.5, 0.6) is 0 Å². The second-order valence-corrected chi connectivity index (χ2v) is 8.10. The molecule has 0 bridgehead atoms. The summed E-state index contributed by atoms with van der Waals surface area (Å²) < 4.78 is 0. The molecule has 6 atom stereocenters. The molecule has 2 saturated heterocycles. The van der Waals surface area contributed by atoms with E-state index in [1.165, 1.54) is 16.7 Å². The van der Waals surface area contributed by atoms with E-state index in [0.717, 1.165) is 17.9 Å². The molecule has 8 heteroatoms.